The van der Waals surface area contributed by atoms with Gasteiger partial charge in [-0.2, -0.15) is 0 Å². The summed E-state index contributed by atoms with van der Waals surface area (Å²) in [5.41, 5.74) is 7.36. The van der Waals surface area contributed by atoms with Gasteiger partial charge >= 0.3 is 0 Å². The first-order valence-corrected chi connectivity index (χ1v) is 27.0. The van der Waals surface area contributed by atoms with Crippen molar-refractivity contribution in [2.75, 3.05) is 6.61 Å². The summed E-state index contributed by atoms with van der Waals surface area (Å²) >= 11 is 0. The Morgan fingerprint density at radius 1 is 0.425 bits per heavy atom. The highest BCUT2D eigenvalue weighted by molar-refractivity contribution is 6.11. The molecule has 0 aromatic heterocycles. The molecule has 0 unspecified atom stereocenters. The molecule has 10 heteroatoms. The number of ketones is 1. The monoisotopic (exact) mass is 1060 g/mol. The number of carbonyl (C=O) groups excluding carboxylic acids is 1. The van der Waals surface area contributed by atoms with Crippen LogP contribution in [0, 0.1) is 0 Å². The third-order valence-corrected chi connectivity index (χ3v) is 13.7. The van der Waals surface area contributed by atoms with Gasteiger partial charge in [-0.15, -0.1) is 0 Å². The van der Waals surface area contributed by atoms with E-state index in [1.54, 1.807) is 12.1 Å². The minimum atomic E-state index is -1.16. The van der Waals surface area contributed by atoms with E-state index < -0.39 is 42.1 Å². The summed E-state index contributed by atoms with van der Waals surface area (Å²) in [6.45, 7) is 1.52. The fourth-order valence-corrected chi connectivity index (χ4v) is 9.55. The number of phenolic OH excluding ortho intramolecular Hbond substituents is 1. The number of rotatable bonds is 26. The maximum absolute atomic E-state index is 15.1. The molecule has 404 valence electrons. The molecule has 1 saturated heterocycles. The molecule has 0 radical (unpaired) electrons. The quantitative estimate of drug-likeness (QED) is 0.0416. The third-order valence-electron chi connectivity index (χ3n) is 13.7. The summed E-state index contributed by atoms with van der Waals surface area (Å²) in [6.07, 6.45) is -1.48. The molecule has 0 bridgehead atoms. The van der Waals surface area contributed by atoms with Gasteiger partial charge in [0.05, 0.1) is 38.6 Å². The van der Waals surface area contributed by atoms with Crippen LogP contribution in [0.4, 0.5) is 0 Å². The van der Waals surface area contributed by atoms with E-state index in [1.807, 2.05) is 237 Å². The van der Waals surface area contributed by atoms with Gasteiger partial charge in [0.25, 0.3) is 0 Å². The van der Waals surface area contributed by atoms with Crippen molar-refractivity contribution in [3.05, 3.63) is 304 Å². The fourth-order valence-electron chi connectivity index (χ4n) is 9.55. The number of benzene rings is 9. The van der Waals surface area contributed by atoms with E-state index >= 15 is 4.79 Å². The Kier molecular flexibility index (Phi) is 19.4. The van der Waals surface area contributed by atoms with Crippen molar-refractivity contribution < 1.29 is 47.8 Å². The summed E-state index contributed by atoms with van der Waals surface area (Å²) in [5, 5.41) is 13.3. The maximum atomic E-state index is 15.1. The van der Waals surface area contributed by atoms with Gasteiger partial charge in [0.15, 0.2) is 5.78 Å². The van der Waals surface area contributed by atoms with Crippen molar-refractivity contribution in [1.82, 2.24) is 0 Å². The predicted octanol–water partition coefficient (Wildman–Crippen LogP) is 14.4. The average molecular weight is 1070 g/mol. The van der Waals surface area contributed by atoms with E-state index in [1.165, 1.54) is 6.08 Å². The number of hydrogen-bond donors (Lipinski definition) is 1. The van der Waals surface area contributed by atoms with Gasteiger partial charge in [0.1, 0.15) is 78.9 Å². The first kappa shape index (κ1) is 54.7. The molecule has 10 nitrogen and oxygen atoms in total. The normalized spacial score (nSPS) is 17.0. The van der Waals surface area contributed by atoms with Gasteiger partial charge in [-0.25, -0.2) is 0 Å². The number of carbonyl (C=O) groups is 1. The van der Waals surface area contributed by atoms with Crippen LogP contribution in [-0.4, -0.2) is 41.9 Å². The highest BCUT2D eigenvalue weighted by Gasteiger charge is 2.51. The molecule has 1 heterocycles. The Morgan fingerprint density at radius 3 is 1.27 bits per heavy atom. The molecule has 0 aliphatic carbocycles. The van der Waals surface area contributed by atoms with Gasteiger partial charge < -0.3 is 43.0 Å². The summed E-state index contributed by atoms with van der Waals surface area (Å²) < 4.78 is 54.7. The van der Waals surface area contributed by atoms with Gasteiger partial charge in [-0.1, -0.05) is 231 Å². The summed E-state index contributed by atoms with van der Waals surface area (Å²) in [7, 11) is 0. The molecule has 9 aromatic rings. The maximum Gasteiger partial charge on any atom is 0.193 e. The van der Waals surface area contributed by atoms with E-state index in [4.69, 9.17) is 37.9 Å². The number of aromatic hydroxyl groups is 1. The second kappa shape index (κ2) is 28.3. The lowest BCUT2D eigenvalue weighted by atomic mass is 9.87. The zero-order chi connectivity index (χ0) is 54.6. The van der Waals surface area contributed by atoms with Crippen LogP contribution in [-0.2, 0) is 69.9 Å². The van der Waals surface area contributed by atoms with Crippen molar-refractivity contribution in [2.24, 2.45) is 0 Å². The van der Waals surface area contributed by atoms with Crippen molar-refractivity contribution in [3.8, 4) is 23.0 Å². The summed E-state index contributed by atoms with van der Waals surface area (Å²) in [6, 6.07) is 78.1. The Balaban J connectivity index is 1.09. The van der Waals surface area contributed by atoms with E-state index in [2.05, 4.69) is 0 Å². The van der Waals surface area contributed by atoms with E-state index in [0.29, 0.717) is 19.0 Å². The van der Waals surface area contributed by atoms with Crippen LogP contribution in [0.25, 0.3) is 6.08 Å². The first-order chi connectivity index (χ1) is 39.5. The minimum absolute atomic E-state index is 0.0608. The smallest absolute Gasteiger partial charge is 0.193 e. The minimum Gasteiger partial charge on any atom is -0.506 e. The van der Waals surface area contributed by atoms with Gasteiger partial charge in [0, 0.05) is 6.07 Å². The Morgan fingerprint density at radius 2 is 0.812 bits per heavy atom. The second-order valence-electron chi connectivity index (χ2n) is 19.5. The van der Waals surface area contributed by atoms with Gasteiger partial charge in [0.2, 0.25) is 0 Å². The number of allylic oxidation sites excluding steroid dienone is 1. The van der Waals surface area contributed by atoms with E-state index in [-0.39, 0.29) is 62.3 Å². The zero-order valence-electron chi connectivity index (χ0n) is 44.4. The Labute approximate surface area is 468 Å². The summed E-state index contributed by atoms with van der Waals surface area (Å²) in [5.74, 6) is 0.0894. The van der Waals surface area contributed by atoms with E-state index in [0.717, 1.165) is 44.5 Å². The molecule has 0 saturated carbocycles. The van der Waals surface area contributed by atoms with Crippen LogP contribution in [0.1, 0.15) is 66.5 Å². The molecule has 1 aliphatic heterocycles. The van der Waals surface area contributed by atoms with Crippen molar-refractivity contribution in [1.29, 1.82) is 0 Å². The Hall–Kier alpha value is -8.61. The molecule has 10 rings (SSSR count). The number of phenols is 1. The van der Waals surface area contributed by atoms with Crippen LogP contribution in [0.3, 0.4) is 0 Å². The van der Waals surface area contributed by atoms with Crippen LogP contribution in [0.15, 0.2) is 249 Å². The molecule has 80 heavy (non-hydrogen) atoms. The summed E-state index contributed by atoms with van der Waals surface area (Å²) in [4.78, 5) is 15.1. The standard InChI is InChI=1S/C70H64O10/c71-60(41-38-51-36-39-59(40-37-51)74-44-53-24-10-2-11-25-53)64-61(75-45-54-26-12-3-13-27-54)42-62(76-46-55-28-14-4-15-29-55)65(66(64)72)68-70(79-49-58-34-20-7-21-35-58)69(78-48-57-32-18-6-19-33-57)67(77-47-56-30-16-5-17-31-56)63(80-68)50-73-43-52-22-8-1-9-23-52/h1-42,63,67-70,72H,43-50H2/b41-38+/t63-,67-,68+,69+,70+/m1/s1. The zero-order valence-corrected chi connectivity index (χ0v) is 44.4. The van der Waals surface area contributed by atoms with Crippen LogP contribution >= 0.6 is 0 Å². The molecular weight excluding hydrogens is 1000 g/mol. The topological polar surface area (TPSA) is 111 Å². The highest BCUT2D eigenvalue weighted by Crippen LogP contribution is 2.49. The van der Waals surface area contributed by atoms with Crippen LogP contribution < -0.4 is 14.2 Å². The molecule has 0 spiro atoms. The first-order valence-electron chi connectivity index (χ1n) is 27.0. The third kappa shape index (κ3) is 15.1. The van der Waals surface area contributed by atoms with Crippen molar-refractivity contribution >= 4 is 11.9 Å². The molecule has 1 N–H and O–H groups in total. The van der Waals surface area contributed by atoms with Crippen LogP contribution in [0.2, 0.25) is 0 Å². The van der Waals surface area contributed by atoms with Crippen LogP contribution in [0.5, 0.6) is 23.0 Å². The average Bonchev–Trinajstić information content (AvgIpc) is 3.63. The predicted molar refractivity (Wildman–Crippen MR) is 309 cm³/mol. The molecule has 9 aromatic carbocycles. The lowest BCUT2D eigenvalue weighted by Gasteiger charge is -2.46. The SMILES string of the molecule is O=C(/C=C/c1ccc(OCc2ccccc2)cc1)c1c(OCc2ccccc2)cc(OCc2ccccc2)c([C@@H]2O[C@H](COCc3ccccc3)[C@@H](OCc3ccccc3)[C@H](OCc3ccccc3)[C@H]2OCc2ccccc2)c1O. The molecule has 1 fully saturated rings. The fraction of sp³-hybridized carbons (Fsp3) is 0.186. The molecule has 5 atom stereocenters. The Bertz CT molecular complexity index is 3310. The highest BCUT2D eigenvalue weighted by atomic mass is 16.6. The second-order valence-corrected chi connectivity index (χ2v) is 19.5. The van der Waals surface area contributed by atoms with Crippen molar-refractivity contribution in [3.63, 3.8) is 0 Å². The van der Waals surface area contributed by atoms with Gasteiger partial charge in [-0.05, 0) is 62.7 Å². The largest absolute Gasteiger partial charge is 0.506 e. The number of ether oxygens (including phenoxy) is 8. The molecular formula is C70H64O10. The molecule has 1 aliphatic rings. The van der Waals surface area contributed by atoms with Crippen molar-refractivity contribution in [2.45, 2.75) is 76.8 Å². The van der Waals surface area contributed by atoms with E-state index in [9.17, 15) is 5.11 Å². The number of hydrogen-bond acceptors (Lipinski definition) is 10. The lowest BCUT2D eigenvalue weighted by molar-refractivity contribution is -0.275. The van der Waals surface area contributed by atoms with Gasteiger partial charge in [-0.3, -0.25) is 4.79 Å². The molecule has 0 amide bonds. The lowest BCUT2D eigenvalue weighted by Crippen LogP contribution is -2.58.